The number of benzene rings is 1. The van der Waals surface area contributed by atoms with Gasteiger partial charge in [-0.15, -0.1) is 0 Å². The highest BCUT2D eigenvalue weighted by Crippen LogP contribution is 2.27. The fourth-order valence-corrected chi connectivity index (χ4v) is 4.18. The van der Waals surface area contributed by atoms with Gasteiger partial charge in [-0.25, -0.2) is 4.99 Å². The maximum Gasteiger partial charge on any atom is 0.310 e. The molecule has 164 valence electrons. The van der Waals surface area contributed by atoms with Crippen LogP contribution >= 0.6 is 0 Å². The molecule has 0 unspecified atom stereocenters. The number of hydrogen-bond donors (Lipinski definition) is 1. The normalized spacial score (nSPS) is 19.6. The van der Waals surface area contributed by atoms with Gasteiger partial charge in [0.2, 0.25) is 0 Å². The molecule has 0 atom stereocenters. The van der Waals surface area contributed by atoms with Crippen molar-refractivity contribution >= 4 is 11.8 Å². The minimum atomic E-state index is -0.753. The van der Waals surface area contributed by atoms with Crippen molar-refractivity contribution in [3.63, 3.8) is 0 Å². The average molecular weight is 422 g/mol. The third kappa shape index (κ3) is 4.74. The van der Waals surface area contributed by atoms with Crippen molar-refractivity contribution in [2.45, 2.75) is 33.8 Å². The SMILES string of the molecule is Cc1ccc2c(c1)C(N1CCN(CC(C)(C)C(=O)O)CC1)=NC1=C(CC=CC=C1)OC2. The van der Waals surface area contributed by atoms with Crippen molar-refractivity contribution in [2.75, 3.05) is 32.7 Å². The Kier molecular flexibility index (Phi) is 6.01. The average Bonchev–Trinajstić information content (AvgIpc) is 2.94. The van der Waals surface area contributed by atoms with Crippen LogP contribution in [0.3, 0.4) is 0 Å². The first-order chi connectivity index (χ1) is 14.8. The Balaban J connectivity index is 1.63. The molecule has 1 fully saturated rings. The first-order valence-corrected chi connectivity index (χ1v) is 10.9. The van der Waals surface area contributed by atoms with E-state index in [0.29, 0.717) is 13.2 Å². The number of fused-ring (bicyclic) bond motifs is 1. The van der Waals surface area contributed by atoms with Gasteiger partial charge < -0.3 is 14.7 Å². The Hall–Kier alpha value is -2.86. The summed E-state index contributed by atoms with van der Waals surface area (Å²) in [7, 11) is 0. The second kappa shape index (κ2) is 8.71. The molecule has 0 aromatic heterocycles. The summed E-state index contributed by atoms with van der Waals surface area (Å²) >= 11 is 0. The lowest BCUT2D eigenvalue weighted by atomic mass is 9.93. The van der Waals surface area contributed by atoms with Gasteiger partial charge in [0.15, 0.2) is 0 Å². The van der Waals surface area contributed by atoms with Crippen LogP contribution in [-0.4, -0.2) is 59.4 Å². The van der Waals surface area contributed by atoms with E-state index in [4.69, 9.17) is 9.73 Å². The van der Waals surface area contributed by atoms with Crippen LogP contribution < -0.4 is 0 Å². The second-order valence-corrected chi connectivity index (χ2v) is 9.14. The summed E-state index contributed by atoms with van der Waals surface area (Å²) in [5.41, 5.74) is 3.58. The highest BCUT2D eigenvalue weighted by molar-refractivity contribution is 6.01. The smallest absolute Gasteiger partial charge is 0.310 e. The highest BCUT2D eigenvalue weighted by atomic mass is 16.5. The van der Waals surface area contributed by atoms with Gasteiger partial charge >= 0.3 is 5.97 Å². The topological polar surface area (TPSA) is 65.4 Å². The third-order valence-corrected chi connectivity index (χ3v) is 6.09. The number of carboxylic acids is 1. The molecular formula is C25H31N3O3. The number of aryl methyl sites for hydroxylation is 1. The van der Waals surface area contributed by atoms with Crippen LogP contribution in [0.4, 0.5) is 0 Å². The fraction of sp³-hybridized carbons (Fsp3) is 0.440. The Labute approximate surface area is 184 Å². The van der Waals surface area contributed by atoms with Gasteiger partial charge in [-0.3, -0.25) is 9.69 Å². The molecule has 6 nitrogen and oxygen atoms in total. The molecule has 2 aliphatic heterocycles. The predicted molar refractivity (Wildman–Crippen MR) is 122 cm³/mol. The van der Waals surface area contributed by atoms with Crippen LogP contribution in [0, 0.1) is 12.3 Å². The molecule has 0 amide bonds. The Morgan fingerprint density at radius 2 is 1.97 bits per heavy atom. The van der Waals surface area contributed by atoms with E-state index in [1.807, 2.05) is 18.2 Å². The minimum Gasteiger partial charge on any atom is -0.491 e. The zero-order valence-corrected chi connectivity index (χ0v) is 18.6. The van der Waals surface area contributed by atoms with Crippen LogP contribution in [0.1, 0.15) is 37.0 Å². The van der Waals surface area contributed by atoms with Crippen LogP contribution in [0.2, 0.25) is 0 Å². The molecule has 4 rings (SSSR count). The van der Waals surface area contributed by atoms with E-state index < -0.39 is 11.4 Å². The first-order valence-electron chi connectivity index (χ1n) is 10.9. The van der Waals surface area contributed by atoms with Crippen molar-refractivity contribution < 1.29 is 14.6 Å². The van der Waals surface area contributed by atoms with Gasteiger partial charge in [-0.2, -0.15) is 0 Å². The molecule has 0 spiro atoms. The van der Waals surface area contributed by atoms with Crippen molar-refractivity contribution in [1.82, 2.24) is 9.80 Å². The zero-order chi connectivity index (χ0) is 22.0. The van der Waals surface area contributed by atoms with Gasteiger partial charge in [0.05, 0.1) is 5.41 Å². The first kappa shape index (κ1) is 21.4. The number of hydrogen-bond acceptors (Lipinski definition) is 5. The summed E-state index contributed by atoms with van der Waals surface area (Å²) in [5, 5.41) is 9.47. The van der Waals surface area contributed by atoms with Gasteiger partial charge in [-0.1, -0.05) is 35.9 Å². The number of ether oxygens (including phenoxy) is 1. The van der Waals surface area contributed by atoms with Crippen molar-refractivity contribution in [1.29, 1.82) is 0 Å². The molecule has 1 N–H and O–H groups in total. The lowest BCUT2D eigenvalue weighted by Gasteiger charge is -2.39. The van der Waals surface area contributed by atoms with Crippen molar-refractivity contribution in [2.24, 2.45) is 10.4 Å². The van der Waals surface area contributed by atoms with Crippen LogP contribution in [0.25, 0.3) is 0 Å². The van der Waals surface area contributed by atoms with Crippen molar-refractivity contribution in [3.05, 3.63) is 70.6 Å². The number of amidine groups is 1. The van der Waals surface area contributed by atoms with Gasteiger partial charge in [0, 0.05) is 50.3 Å². The molecule has 1 aromatic carbocycles. The second-order valence-electron chi connectivity index (χ2n) is 9.14. The molecule has 0 saturated carbocycles. The summed E-state index contributed by atoms with van der Waals surface area (Å²) in [6.07, 6.45) is 8.89. The maximum atomic E-state index is 11.5. The Morgan fingerprint density at radius 1 is 1.19 bits per heavy atom. The van der Waals surface area contributed by atoms with Crippen LogP contribution in [-0.2, 0) is 16.1 Å². The lowest BCUT2D eigenvalue weighted by Crippen LogP contribution is -2.52. The van der Waals surface area contributed by atoms with Gasteiger partial charge in [0.25, 0.3) is 0 Å². The minimum absolute atomic E-state index is 0.530. The number of aliphatic carboxylic acids is 1. The van der Waals surface area contributed by atoms with E-state index in [-0.39, 0.29) is 0 Å². The molecule has 1 saturated heterocycles. The van der Waals surface area contributed by atoms with E-state index in [9.17, 15) is 9.90 Å². The quantitative estimate of drug-likeness (QED) is 0.806. The van der Waals surface area contributed by atoms with E-state index >= 15 is 0 Å². The van der Waals surface area contributed by atoms with E-state index in [1.54, 1.807) is 13.8 Å². The summed E-state index contributed by atoms with van der Waals surface area (Å²) in [6, 6.07) is 6.46. The highest BCUT2D eigenvalue weighted by Gasteiger charge is 2.32. The van der Waals surface area contributed by atoms with Gasteiger partial charge in [-0.05, 0) is 32.9 Å². The number of aliphatic imine (C=N–C) groups is 1. The molecular weight excluding hydrogens is 390 g/mol. The predicted octanol–water partition coefficient (Wildman–Crippen LogP) is 3.73. The molecule has 6 heteroatoms. The molecule has 3 aliphatic rings. The lowest BCUT2D eigenvalue weighted by molar-refractivity contribution is -0.148. The molecule has 0 radical (unpaired) electrons. The summed E-state index contributed by atoms with van der Waals surface area (Å²) in [5.74, 6) is 1.13. The summed E-state index contributed by atoms with van der Waals surface area (Å²) in [6.45, 7) is 10.0. The Morgan fingerprint density at radius 3 is 2.71 bits per heavy atom. The molecule has 0 bridgehead atoms. The monoisotopic (exact) mass is 421 g/mol. The molecule has 2 heterocycles. The molecule has 1 aliphatic carbocycles. The maximum absolute atomic E-state index is 11.5. The van der Waals surface area contributed by atoms with Gasteiger partial charge in [0.1, 0.15) is 23.9 Å². The number of rotatable bonds is 3. The van der Waals surface area contributed by atoms with Crippen molar-refractivity contribution in [3.8, 4) is 0 Å². The number of carboxylic acid groups (broad SMARTS) is 1. The van der Waals surface area contributed by atoms with Crippen LogP contribution in [0.15, 0.2) is 59.0 Å². The van der Waals surface area contributed by atoms with E-state index in [2.05, 4.69) is 41.0 Å². The summed E-state index contributed by atoms with van der Waals surface area (Å²) in [4.78, 5) is 21.2. The summed E-state index contributed by atoms with van der Waals surface area (Å²) < 4.78 is 6.15. The number of nitrogens with zero attached hydrogens (tertiary/aromatic N) is 3. The third-order valence-electron chi connectivity index (χ3n) is 6.09. The number of carbonyl (C=O) groups is 1. The largest absolute Gasteiger partial charge is 0.491 e. The standard InChI is InChI=1S/C25H31N3O3/c1-18-9-10-19-16-31-22-8-6-4-5-7-21(22)26-23(20(19)15-18)28-13-11-27(12-14-28)17-25(2,3)24(29)30/h4-7,9-10,15H,8,11-14,16-17H2,1-3H3,(H,29,30). The fourth-order valence-electron chi connectivity index (χ4n) is 4.18. The van der Waals surface area contributed by atoms with E-state index in [0.717, 1.165) is 61.0 Å². The van der Waals surface area contributed by atoms with Crippen LogP contribution in [0.5, 0.6) is 0 Å². The van der Waals surface area contributed by atoms with E-state index in [1.165, 1.54) is 5.56 Å². The number of piperazine rings is 1. The molecule has 31 heavy (non-hydrogen) atoms. The number of allylic oxidation sites excluding steroid dienone is 4. The zero-order valence-electron chi connectivity index (χ0n) is 18.6. The molecule has 1 aromatic rings. The Bertz CT molecular complexity index is 980.